The molecule has 1 atom stereocenters. The number of amides is 1. The summed E-state index contributed by atoms with van der Waals surface area (Å²) in [6.45, 7) is 1.93. The van der Waals surface area contributed by atoms with Crippen molar-refractivity contribution in [3.63, 3.8) is 0 Å². The Morgan fingerprint density at radius 2 is 2.07 bits per heavy atom. The van der Waals surface area contributed by atoms with E-state index in [2.05, 4.69) is 5.16 Å². The van der Waals surface area contributed by atoms with Crippen LogP contribution in [0.5, 0.6) is 0 Å². The predicted octanol–water partition coefficient (Wildman–Crippen LogP) is 1.64. The molecular weight excluding hydrogens is 192 g/mol. The largest absolute Gasteiger partial charge is 0.410 e. The first-order chi connectivity index (χ1) is 7.24. The molecule has 78 valence electrons. The molecule has 1 aromatic carbocycles. The molecule has 0 spiro atoms. The van der Waals surface area contributed by atoms with Crippen LogP contribution in [0.1, 0.15) is 13.3 Å². The second-order valence-corrected chi connectivity index (χ2v) is 3.61. The van der Waals surface area contributed by atoms with Crippen molar-refractivity contribution in [2.45, 2.75) is 19.4 Å². The fraction of sp³-hybridized carbons (Fsp3) is 0.273. The Hall–Kier alpha value is -1.84. The molecule has 0 saturated carbocycles. The minimum absolute atomic E-state index is 0.0470. The van der Waals surface area contributed by atoms with Gasteiger partial charge in [0.1, 0.15) is 5.71 Å². The number of hydrogen-bond donors (Lipinski definition) is 1. The van der Waals surface area contributed by atoms with Gasteiger partial charge in [0.25, 0.3) is 5.91 Å². The number of nitrogens with zero attached hydrogens (tertiary/aromatic N) is 2. The molecule has 2 rings (SSSR count). The molecule has 1 N–H and O–H groups in total. The highest BCUT2D eigenvalue weighted by Gasteiger charge is 2.35. The fourth-order valence-electron chi connectivity index (χ4n) is 1.84. The van der Waals surface area contributed by atoms with Crippen LogP contribution in [-0.4, -0.2) is 22.9 Å². The Morgan fingerprint density at radius 3 is 2.60 bits per heavy atom. The van der Waals surface area contributed by atoms with Crippen LogP contribution >= 0.6 is 0 Å². The van der Waals surface area contributed by atoms with Gasteiger partial charge in [0.2, 0.25) is 0 Å². The van der Waals surface area contributed by atoms with E-state index in [1.165, 1.54) is 0 Å². The highest BCUT2D eigenvalue weighted by atomic mass is 16.4. The van der Waals surface area contributed by atoms with Crippen LogP contribution < -0.4 is 4.90 Å². The van der Waals surface area contributed by atoms with Gasteiger partial charge in [0, 0.05) is 18.2 Å². The standard InChI is InChI=1S/C11H12N2O2/c1-8-7-10(12-15)11(14)13(8)9-5-3-2-4-6-9/h2-6,8,15H,7H2,1H3/b12-10+. The maximum absolute atomic E-state index is 11.8. The fourth-order valence-corrected chi connectivity index (χ4v) is 1.84. The summed E-state index contributed by atoms with van der Waals surface area (Å²) in [5.74, 6) is -0.212. The van der Waals surface area contributed by atoms with Crippen LogP contribution in [0, 0.1) is 0 Å². The first-order valence-electron chi connectivity index (χ1n) is 4.83. The number of rotatable bonds is 1. The lowest BCUT2D eigenvalue weighted by atomic mass is 10.2. The topological polar surface area (TPSA) is 52.9 Å². The summed E-state index contributed by atoms with van der Waals surface area (Å²) in [6, 6.07) is 9.44. The molecule has 1 aliphatic heterocycles. The van der Waals surface area contributed by atoms with Crippen molar-refractivity contribution in [1.82, 2.24) is 0 Å². The Labute approximate surface area is 87.8 Å². The van der Waals surface area contributed by atoms with E-state index in [1.54, 1.807) is 4.90 Å². The van der Waals surface area contributed by atoms with Crippen molar-refractivity contribution in [2.24, 2.45) is 5.16 Å². The van der Waals surface area contributed by atoms with Gasteiger partial charge in [-0.25, -0.2) is 0 Å². The van der Waals surface area contributed by atoms with Crippen molar-refractivity contribution in [3.05, 3.63) is 30.3 Å². The first-order valence-corrected chi connectivity index (χ1v) is 4.83. The third-order valence-corrected chi connectivity index (χ3v) is 2.55. The zero-order chi connectivity index (χ0) is 10.8. The lowest BCUT2D eigenvalue weighted by molar-refractivity contribution is -0.112. The van der Waals surface area contributed by atoms with Gasteiger partial charge in [-0.1, -0.05) is 23.4 Å². The molecule has 0 aromatic heterocycles. The summed E-state index contributed by atoms with van der Waals surface area (Å²) >= 11 is 0. The van der Waals surface area contributed by atoms with Gasteiger partial charge in [0.05, 0.1) is 0 Å². The highest BCUT2D eigenvalue weighted by Crippen LogP contribution is 2.24. The van der Waals surface area contributed by atoms with E-state index in [1.807, 2.05) is 37.3 Å². The van der Waals surface area contributed by atoms with Gasteiger partial charge in [-0.15, -0.1) is 0 Å². The van der Waals surface area contributed by atoms with Gasteiger partial charge in [-0.05, 0) is 19.1 Å². The van der Waals surface area contributed by atoms with Gasteiger partial charge in [-0.2, -0.15) is 0 Å². The second kappa shape index (κ2) is 3.73. The summed E-state index contributed by atoms with van der Waals surface area (Å²) in [4.78, 5) is 13.4. The van der Waals surface area contributed by atoms with Crippen LogP contribution in [0.15, 0.2) is 35.5 Å². The van der Waals surface area contributed by atoms with Crippen molar-refractivity contribution in [1.29, 1.82) is 0 Å². The smallest absolute Gasteiger partial charge is 0.276 e. The average molecular weight is 204 g/mol. The van der Waals surface area contributed by atoms with Crippen molar-refractivity contribution < 1.29 is 10.0 Å². The predicted molar refractivity (Wildman–Crippen MR) is 57.2 cm³/mol. The molecule has 0 radical (unpaired) electrons. The van der Waals surface area contributed by atoms with E-state index in [4.69, 9.17) is 5.21 Å². The average Bonchev–Trinajstić information content (AvgIpc) is 2.55. The van der Waals surface area contributed by atoms with Crippen molar-refractivity contribution in [3.8, 4) is 0 Å². The zero-order valence-corrected chi connectivity index (χ0v) is 8.42. The van der Waals surface area contributed by atoms with E-state index in [0.717, 1.165) is 5.69 Å². The molecule has 1 aromatic rings. The minimum atomic E-state index is -0.212. The molecule has 1 aliphatic rings. The lowest BCUT2D eigenvalue weighted by Crippen LogP contribution is -2.32. The second-order valence-electron chi connectivity index (χ2n) is 3.61. The number of carbonyl (C=O) groups is 1. The number of hydrogen-bond acceptors (Lipinski definition) is 3. The molecule has 4 nitrogen and oxygen atoms in total. The molecular formula is C11H12N2O2. The van der Waals surface area contributed by atoms with Crippen LogP contribution in [0.2, 0.25) is 0 Å². The normalized spacial score (nSPS) is 23.8. The maximum Gasteiger partial charge on any atom is 0.276 e. The van der Waals surface area contributed by atoms with Crippen molar-refractivity contribution >= 4 is 17.3 Å². The molecule has 1 heterocycles. The molecule has 0 aliphatic carbocycles. The van der Waals surface area contributed by atoms with Gasteiger partial charge in [0.15, 0.2) is 0 Å². The Bertz CT molecular complexity index is 400. The third-order valence-electron chi connectivity index (χ3n) is 2.55. The maximum atomic E-state index is 11.8. The number of para-hydroxylation sites is 1. The molecule has 1 unspecified atom stereocenters. The monoisotopic (exact) mass is 204 g/mol. The summed E-state index contributed by atoms with van der Waals surface area (Å²) in [5, 5.41) is 11.7. The van der Waals surface area contributed by atoms with Crippen molar-refractivity contribution in [2.75, 3.05) is 4.90 Å². The zero-order valence-electron chi connectivity index (χ0n) is 8.42. The Morgan fingerprint density at radius 1 is 1.40 bits per heavy atom. The van der Waals surface area contributed by atoms with Crippen LogP contribution in [0.3, 0.4) is 0 Å². The van der Waals surface area contributed by atoms with Gasteiger partial charge in [-0.3, -0.25) is 4.79 Å². The van der Waals surface area contributed by atoms with E-state index < -0.39 is 0 Å². The summed E-state index contributed by atoms with van der Waals surface area (Å²) in [5.41, 5.74) is 1.07. The summed E-state index contributed by atoms with van der Waals surface area (Å²) in [7, 11) is 0. The highest BCUT2D eigenvalue weighted by molar-refractivity contribution is 6.46. The molecule has 1 saturated heterocycles. The molecule has 15 heavy (non-hydrogen) atoms. The van der Waals surface area contributed by atoms with E-state index >= 15 is 0 Å². The van der Waals surface area contributed by atoms with Crippen LogP contribution in [-0.2, 0) is 4.79 Å². The number of oxime groups is 1. The van der Waals surface area contributed by atoms with Crippen LogP contribution in [0.25, 0.3) is 0 Å². The van der Waals surface area contributed by atoms with E-state index in [9.17, 15) is 4.79 Å². The SMILES string of the molecule is CC1C/C(=N\O)C(=O)N1c1ccccc1. The Kier molecular flexibility index (Phi) is 2.41. The lowest BCUT2D eigenvalue weighted by Gasteiger charge is -2.20. The first kappa shape index (κ1) is 9.71. The quantitative estimate of drug-likeness (QED) is 0.558. The third kappa shape index (κ3) is 1.58. The molecule has 1 amide bonds. The number of anilines is 1. The summed E-state index contributed by atoms with van der Waals surface area (Å²) in [6.07, 6.45) is 0.490. The summed E-state index contributed by atoms with van der Waals surface area (Å²) < 4.78 is 0. The minimum Gasteiger partial charge on any atom is -0.410 e. The van der Waals surface area contributed by atoms with E-state index in [0.29, 0.717) is 6.42 Å². The molecule has 1 fully saturated rings. The Balaban J connectivity index is 2.35. The number of carbonyl (C=O) groups excluding carboxylic acids is 1. The molecule has 0 bridgehead atoms. The van der Waals surface area contributed by atoms with Gasteiger partial charge >= 0.3 is 0 Å². The van der Waals surface area contributed by atoms with Gasteiger partial charge < -0.3 is 10.1 Å². The number of benzene rings is 1. The molecule has 4 heteroatoms. The van der Waals surface area contributed by atoms with Crippen LogP contribution in [0.4, 0.5) is 5.69 Å². The van der Waals surface area contributed by atoms with E-state index in [-0.39, 0.29) is 17.7 Å².